The molecule has 1 atom stereocenters. The summed E-state index contributed by atoms with van der Waals surface area (Å²) in [6.07, 6.45) is 3.42. The van der Waals surface area contributed by atoms with Gasteiger partial charge in [-0.15, -0.1) is 0 Å². The number of hydrogen-bond acceptors (Lipinski definition) is 2. The maximum Gasteiger partial charge on any atom is 0.343 e. The second-order valence-electron chi connectivity index (χ2n) is 6.56. The molecule has 4 rings (SSSR count). The van der Waals surface area contributed by atoms with Gasteiger partial charge < -0.3 is 17.1 Å². The summed E-state index contributed by atoms with van der Waals surface area (Å²) in [6, 6.07) is 27.3. The van der Waals surface area contributed by atoms with Gasteiger partial charge in [0.15, 0.2) is 12.4 Å². The normalized spacial score (nSPS) is 11.5. The minimum atomic E-state index is -0.539. The van der Waals surface area contributed by atoms with Crippen LogP contribution in [0, 0.1) is 6.92 Å². The van der Waals surface area contributed by atoms with E-state index in [2.05, 4.69) is 12.1 Å². The summed E-state index contributed by atoms with van der Waals surface area (Å²) in [5, 5.41) is 2.23. The summed E-state index contributed by atoms with van der Waals surface area (Å²) in [5.74, 6) is -0.346. The zero-order valence-corrected chi connectivity index (χ0v) is 16.2. The molecule has 0 amide bonds. The van der Waals surface area contributed by atoms with Crippen molar-refractivity contribution in [3.63, 3.8) is 0 Å². The van der Waals surface area contributed by atoms with Crippen molar-refractivity contribution in [1.29, 1.82) is 0 Å². The van der Waals surface area contributed by atoms with Gasteiger partial charge in [-0.2, -0.15) is 4.57 Å². The van der Waals surface area contributed by atoms with Crippen molar-refractivity contribution < 1.29 is 26.5 Å². The number of halogens is 1. The maximum atomic E-state index is 12.7. The van der Waals surface area contributed by atoms with Crippen molar-refractivity contribution >= 4 is 16.7 Å². The van der Waals surface area contributed by atoms with E-state index in [1.54, 1.807) is 12.1 Å². The summed E-state index contributed by atoms with van der Waals surface area (Å²) in [6.45, 7) is 2.04. The van der Waals surface area contributed by atoms with Gasteiger partial charge in [-0.05, 0) is 42.6 Å². The SMILES string of the molecule is Cc1ccc(C(OC(=O)c2ccccc2)[n+]2ccc3ccccc3c2)cc1.[Cl-]. The number of aryl methyl sites for hydroxylation is 1. The number of rotatable bonds is 4. The molecule has 0 aliphatic carbocycles. The van der Waals surface area contributed by atoms with Crippen LogP contribution in [0.1, 0.15) is 27.7 Å². The molecule has 0 aliphatic rings. The van der Waals surface area contributed by atoms with E-state index in [4.69, 9.17) is 4.74 Å². The lowest BCUT2D eigenvalue weighted by atomic mass is 10.1. The Hall–Kier alpha value is -3.17. The van der Waals surface area contributed by atoms with Crippen LogP contribution in [0.5, 0.6) is 0 Å². The molecule has 0 saturated heterocycles. The Labute approximate surface area is 170 Å². The van der Waals surface area contributed by atoms with Crippen LogP contribution in [0.4, 0.5) is 0 Å². The first kappa shape index (κ1) is 19.6. The van der Waals surface area contributed by atoms with Crippen molar-refractivity contribution in [3.8, 4) is 0 Å². The van der Waals surface area contributed by atoms with Crippen LogP contribution in [0.25, 0.3) is 10.8 Å². The van der Waals surface area contributed by atoms with Crippen LogP contribution in [-0.4, -0.2) is 5.97 Å². The molecule has 1 aromatic heterocycles. The third-order valence-electron chi connectivity index (χ3n) is 4.57. The number of pyridine rings is 1. The molecule has 0 radical (unpaired) electrons. The quantitative estimate of drug-likeness (QED) is 0.394. The molecule has 0 bridgehead atoms. The molecule has 1 heterocycles. The van der Waals surface area contributed by atoms with E-state index in [0.29, 0.717) is 5.56 Å². The summed E-state index contributed by atoms with van der Waals surface area (Å²) in [7, 11) is 0. The minimum absolute atomic E-state index is 0. The van der Waals surface area contributed by atoms with Gasteiger partial charge >= 0.3 is 12.2 Å². The fourth-order valence-corrected chi connectivity index (χ4v) is 3.07. The molecular weight excluding hydrogens is 370 g/mol. The first-order valence-corrected chi connectivity index (χ1v) is 8.93. The molecule has 3 aromatic carbocycles. The zero-order valence-electron chi connectivity index (χ0n) is 15.5. The number of benzene rings is 3. The number of fused-ring (bicyclic) bond motifs is 1. The van der Waals surface area contributed by atoms with Gasteiger partial charge in [0, 0.05) is 11.5 Å². The number of ether oxygens (including phenoxy) is 1. The van der Waals surface area contributed by atoms with Crippen LogP contribution in [0.3, 0.4) is 0 Å². The van der Waals surface area contributed by atoms with Crippen LogP contribution in [0.15, 0.2) is 97.3 Å². The summed E-state index contributed by atoms with van der Waals surface area (Å²) in [4.78, 5) is 12.7. The Kier molecular flexibility index (Phi) is 6.07. The van der Waals surface area contributed by atoms with E-state index in [1.807, 2.05) is 84.5 Å². The van der Waals surface area contributed by atoms with E-state index in [1.165, 1.54) is 0 Å². The Morgan fingerprint density at radius 2 is 1.46 bits per heavy atom. The van der Waals surface area contributed by atoms with Gasteiger partial charge in [0.25, 0.3) is 0 Å². The average molecular weight is 390 g/mol. The predicted octanol–water partition coefficient (Wildman–Crippen LogP) is 1.84. The smallest absolute Gasteiger partial charge is 0.343 e. The van der Waals surface area contributed by atoms with E-state index in [0.717, 1.165) is 21.9 Å². The molecule has 0 N–H and O–H groups in total. The summed E-state index contributed by atoms with van der Waals surface area (Å²) < 4.78 is 7.86. The fraction of sp³-hybridized carbons (Fsp3) is 0.0833. The Bertz CT molecular complexity index is 1080. The fourth-order valence-electron chi connectivity index (χ4n) is 3.07. The van der Waals surface area contributed by atoms with Crippen LogP contribution in [-0.2, 0) is 4.74 Å². The topological polar surface area (TPSA) is 30.2 Å². The van der Waals surface area contributed by atoms with Crippen LogP contribution < -0.4 is 17.0 Å². The second kappa shape index (κ2) is 8.68. The molecule has 3 nitrogen and oxygen atoms in total. The average Bonchev–Trinajstić information content (AvgIpc) is 2.73. The van der Waals surface area contributed by atoms with Crippen LogP contribution >= 0.6 is 0 Å². The molecule has 0 aliphatic heterocycles. The first-order chi connectivity index (χ1) is 13.2. The zero-order chi connectivity index (χ0) is 18.6. The summed E-state index contributed by atoms with van der Waals surface area (Å²) >= 11 is 0. The van der Waals surface area contributed by atoms with Gasteiger partial charge in [0.05, 0.1) is 11.1 Å². The lowest BCUT2D eigenvalue weighted by molar-refractivity contribution is -0.745. The third-order valence-corrected chi connectivity index (χ3v) is 4.57. The van der Waals surface area contributed by atoms with Crippen molar-refractivity contribution in [3.05, 3.63) is 114 Å². The van der Waals surface area contributed by atoms with E-state index < -0.39 is 6.23 Å². The molecule has 0 spiro atoms. The van der Waals surface area contributed by atoms with Gasteiger partial charge in [-0.25, -0.2) is 4.79 Å². The van der Waals surface area contributed by atoms with E-state index in [9.17, 15) is 4.79 Å². The highest BCUT2D eigenvalue weighted by Crippen LogP contribution is 2.19. The number of esters is 1. The molecule has 0 saturated carbocycles. The van der Waals surface area contributed by atoms with Gasteiger partial charge in [0.1, 0.15) is 0 Å². The lowest BCUT2D eigenvalue weighted by Crippen LogP contribution is -3.00. The standard InChI is InChI=1S/C24H20NO2.ClH/c1-18-11-13-20(14-12-18)23(27-24(26)21-8-3-2-4-9-21)25-16-15-19-7-5-6-10-22(19)17-25;/h2-17,23H,1H3;1H/q+1;/p-1. The first-order valence-electron chi connectivity index (χ1n) is 8.93. The lowest BCUT2D eigenvalue weighted by Gasteiger charge is -2.14. The van der Waals surface area contributed by atoms with Crippen molar-refractivity contribution in [2.45, 2.75) is 13.2 Å². The van der Waals surface area contributed by atoms with E-state index in [-0.39, 0.29) is 18.4 Å². The Morgan fingerprint density at radius 3 is 2.18 bits per heavy atom. The molecule has 28 heavy (non-hydrogen) atoms. The van der Waals surface area contributed by atoms with E-state index >= 15 is 0 Å². The van der Waals surface area contributed by atoms with Crippen LogP contribution in [0.2, 0.25) is 0 Å². The molecule has 1 unspecified atom stereocenters. The van der Waals surface area contributed by atoms with Crippen molar-refractivity contribution in [2.75, 3.05) is 0 Å². The molecule has 0 fully saturated rings. The highest BCUT2D eigenvalue weighted by Gasteiger charge is 2.26. The minimum Gasteiger partial charge on any atom is -1.00 e. The monoisotopic (exact) mass is 389 g/mol. The summed E-state index contributed by atoms with van der Waals surface area (Å²) in [5.41, 5.74) is 2.62. The Morgan fingerprint density at radius 1 is 0.821 bits per heavy atom. The third kappa shape index (κ3) is 4.21. The Balaban J connectivity index is 0.00000225. The number of hydrogen-bond donors (Lipinski definition) is 0. The van der Waals surface area contributed by atoms with Gasteiger partial charge in [-0.3, -0.25) is 0 Å². The second-order valence-corrected chi connectivity index (χ2v) is 6.56. The molecular formula is C24H20ClNO2. The largest absolute Gasteiger partial charge is 1.00 e. The number of nitrogens with zero attached hydrogens (tertiary/aromatic N) is 1. The number of carbonyl (C=O) groups excluding carboxylic acids is 1. The number of carbonyl (C=O) groups is 1. The molecule has 4 heteroatoms. The van der Waals surface area contributed by atoms with Gasteiger partial charge in [0.2, 0.25) is 0 Å². The highest BCUT2D eigenvalue weighted by molar-refractivity contribution is 5.89. The van der Waals surface area contributed by atoms with Gasteiger partial charge in [-0.1, -0.05) is 54.1 Å². The highest BCUT2D eigenvalue weighted by atomic mass is 35.5. The predicted molar refractivity (Wildman–Crippen MR) is 105 cm³/mol. The van der Waals surface area contributed by atoms with Crippen molar-refractivity contribution in [2.24, 2.45) is 0 Å². The number of aromatic nitrogens is 1. The van der Waals surface area contributed by atoms with Crippen molar-refractivity contribution in [1.82, 2.24) is 0 Å². The molecule has 4 aromatic rings. The molecule has 140 valence electrons. The maximum absolute atomic E-state index is 12.7.